The summed E-state index contributed by atoms with van der Waals surface area (Å²) < 4.78 is 0. The maximum absolute atomic E-state index is 5.42. The molecule has 0 aliphatic carbocycles. The lowest BCUT2D eigenvalue weighted by molar-refractivity contribution is 1.29. The molecule has 0 N–H and O–H groups in total. The van der Waals surface area contributed by atoms with Gasteiger partial charge in [0.2, 0.25) is 0 Å². The summed E-state index contributed by atoms with van der Waals surface area (Å²) in [6, 6.07) is 54.8. The summed E-state index contributed by atoms with van der Waals surface area (Å²) in [5.74, 6) is 0. The van der Waals surface area contributed by atoms with E-state index >= 15 is 0 Å². The van der Waals surface area contributed by atoms with Crippen LogP contribution in [0, 0.1) is 0 Å². The molecule has 0 saturated heterocycles. The Balaban J connectivity index is 1.51. The Morgan fingerprint density at radius 3 is 0.975 bits per heavy atom. The van der Waals surface area contributed by atoms with Crippen LogP contribution in [0.2, 0.25) is 0 Å². The van der Waals surface area contributed by atoms with Crippen LogP contribution >= 0.6 is 0 Å². The van der Waals surface area contributed by atoms with Gasteiger partial charge in [0.1, 0.15) is 0 Å². The van der Waals surface area contributed by atoms with Gasteiger partial charge in [-0.15, -0.1) is 0 Å². The SMILES string of the molecule is c1ccc(-c2ccc(-c3nc4c(-c5ccccc5)ccc(-c5ccccc5)c4nc3-c3ccccc3)cc2)cc1. The molecule has 0 bridgehead atoms. The topological polar surface area (TPSA) is 25.8 Å². The normalized spacial score (nSPS) is 11.0. The Labute approximate surface area is 234 Å². The van der Waals surface area contributed by atoms with Crippen LogP contribution in [0.25, 0.3) is 66.9 Å². The maximum Gasteiger partial charge on any atom is 0.0979 e. The van der Waals surface area contributed by atoms with E-state index in [0.717, 1.165) is 55.8 Å². The molecule has 7 rings (SSSR count). The first-order valence-corrected chi connectivity index (χ1v) is 13.5. The van der Waals surface area contributed by atoms with E-state index in [2.05, 4.69) is 133 Å². The van der Waals surface area contributed by atoms with Crippen molar-refractivity contribution in [3.05, 3.63) is 158 Å². The highest BCUT2D eigenvalue weighted by molar-refractivity contribution is 6.02. The van der Waals surface area contributed by atoms with Gasteiger partial charge < -0.3 is 0 Å². The fourth-order valence-electron chi connectivity index (χ4n) is 5.29. The molecule has 0 aliphatic heterocycles. The molecule has 6 aromatic carbocycles. The summed E-state index contributed by atoms with van der Waals surface area (Å²) in [5.41, 5.74) is 12.4. The van der Waals surface area contributed by atoms with Crippen LogP contribution in [0.3, 0.4) is 0 Å². The van der Waals surface area contributed by atoms with E-state index in [0.29, 0.717) is 0 Å². The second kappa shape index (κ2) is 10.4. The van der Waals surface area contributed by atoms with Gasteiger partial charge in [-0.05, 0) is 22.3 Å². The van der Waals surface area contributed by atoms with Crippen molar-refractivity contribution >= 4 is 11.0 Å². The summed E-state index contributed by atoms with van der Waals surface area (Å²) in [7, 11) is 0. The fourth-order valence-corrected chi connectivity index (χ4v) is 5.29. The van der Waals surface area contributed by atoms with Crippen LogP contribution in [-0.4, -0.2) is 9.97 Å². The van der Waals surface area contributed by atoms with Crippen molar-refractivity contribution in [3.8, 4) is 55.9 Å². The van der Waals surface area contributed by atoms with E-state index < -0.39 is 0 Å². The molecule has 0 atom stereocenters. The smallest absolute Gasteiger partial charge is 0.0979 e. The predicted molar refractivity (Wildman–Crippen MR) is 167 cm³/mol. The lowest BCUT2D eigenvalue weighted by Crippen LogP contribution is -1.99. The second-order valence-electron chi connectivity index (χ2n) is 9.82. The van der Waals surface area contributed by atoms with Gasteiger partial charge in [-0.25, -0.2) is 9.97 Å². The molecule has 40 heavy (non-hydrogen) atoms. The molecular formula is C38H26N2. The van der Waals surface area contributed by atoms with Crippen LogP contribution < -0.4 is 0 Å². The van der Waals surface area contributed by atoms with E-state index in [1.165, 1.54) is 11.1 Å². The maximum atomic E-state index is 5.42. The lowest BCUT2D eigenvalue weighted by atomic mass is 9.95. The third-order valence-electron chi connectivity index (χ3n) is 7.30. The third kappa shape index (κ3) is 4.46. The quantitative estimate of drug-likeness (QED) is 0.230. The summed E-state index contributed by atoms with van der Waals surface area (Å²) in [6.07, 6.45) is 0. The molecule has 0 amide bonds. The van der Waals surface area contributed by atoms with Gasteiger partial charge in [0, 0.05) is 22.3 Å². The number of aromatic nitrogens is 2. The molecule has 1 aromatic heterocycles. The summed E-state index contributed by atoms with van der Waals surface area (Å²) in [4.78, 5) is 10.8. The number of rotatable bonds is 5. The zero-order chi connectivity index (χ0) is 26.7. The molecule has 0 aliphatic rings. The lowest BCUT2D eigenvalue weighted by Gasteiger charge is -2.16. The predicted octanol–water partition coefficient (Wildman–Crippen LogP) is 9.96. The number of hydrogen-bond donors (Lipinski definition) is 0. The van der Waals surface area contributed by atoms with Crippen molar-refractivity contribution < 1.29 is 0 Å². The van der Waals surface area contributed by atoms with E-state index in [-0.39, 0.29) is 0 Å². The summed E-state index contributed by atoms with van der Waals surface area (Å²) in [6.45, 7) is 0. The monoisotopic (exact) mass is 510 g/mol. The van der Waals surface area contributed by atoms with Crippen molar-refractivity contribution in [2.75, 3.05) is 0 Å². The highest BCUT2D eigenvalue weighted by Crippen LogP contribution is 2.39. The van der Waals surface area contributed by atoms with E-state index in [9.17, 15) is 0 Å². The second-order valence-corrected chi connectivity index (χ2v) is 9.82. The molecule has 188 valence electrons. The molecule has 2 nitrogen and oxygen atoms in total. The van der Waals surface area contributed by atoms with Gasteiger partial charge >= 0.3 is 0 Å². The van der Waals surface area contributed by atoms with Crippen LogP contribution in [0.5, 0.6) is 0 Å². The summed E-state index contributed by atoms with van der Waals surface area (Å²) >= 11 is 0. The van der Waals surface area contributed by atoms with Gasteiger partial charge in [0.25, 0.3) is 0 Å². The van der Waals surface area contributed by atoms with Crippen LogP contribution in [0.4, 0.5) is 0 Å². The van der Waals surface area contributed by atoms with Crippen LogP contribution in [0.15, 0.2) is 158 Å². The standard InChI is InChI=1S/C38H26N2/c1-5-13-27(14-6-1)28-21-23-32(24-22-28)36-35(31-19-11-4-12-20-31)39-37-33(29-15-7-2-8-16-29)25-26-34(38(37)40-36)30-17-9-3-10-18-30/h1-26H. The number of hydrogen-bond acceptors (Lipinski definition) is 2. The Morgan fingerprint density at radius 1 is 0.250 bits per heavy atom. The molecule has 1 heterocycles. The third-order valence-corrected chi connectivity index (χ3v) is 7.30. The molecule has 2 heteroatoms. The van der Waals surface area contributed by atoms with Crippen molar-refractivity contribution in [2.45, 2.75) is 0 Å². The molecule has 0 radical (unpaired) electrons. The highest BCUT2D eigenvalue weighted by Gasteiger charge is 2.19. The zero-order valence-electron chi connectivity index (χ0n) is 21.9. The average molecular weight is 511 g/mol. The first kappa shape index (κ1) is 23.8. The molecule has 7 aromatic rings. The van der Waals surface area contributed by atoms with Crippen molar-refractivity contribution in [2.24, 2.45) is 0 Å². The highest BCUT2D eigenvalue weighted by atomic mass is 14.8. The van der Waals surface area contributed by atoms with Crippen LogP contribution in [-0.2, 0) is 0 Å². The molecule has 0 saturated carbocycles. The first-order valence-electron chi connectivity index (χ1n) is 13.5. The van der Waals surface area contributed by atoms with Gasteiger partial charge in [-0.2, -0.15) is 0 Å². The number of benzene rings is 6. The van der Waals surface area contributed by atoms with Crippen molar-refractivity contribution in [3.63, 3.8) is 0 Å². The van der Waals surface area contributed by atoms with Gasteiger partial charge in [-0.1, -0.05) is 158 Å². The van der Waals surface area contributed by atoms with Gasteiger partial charge in [0.15, 0.2) is 0 Å². The van der Waals surface area contributed by atoms with Crippen molar-refractivity contribution in [1.82, 2.24) is 9.97 Å². The Bertz CT molecular complexity index is 1900. The molecule has 0 fully saturated rings. The van der Waals surface area contributed by atoms with Crippen molar-refractivity contribution in [1.29, 1.82) is 0 Å². The summed E-state index contributed by atoms with van der Waals surface area (Å²) in [5, 5.41) is 0. The minimum atomic E-state index is 0.876. The Hall–Kier alpha value is -5.34. The largest absolute Gasteiger partial charge is 0.243 e. The average Bonchev–Trinajstić information content (AvgIpc) is 3.05. The Kier molecular flexibility index (Phi) is 6.20. The minimum Gasteiger partial charge on any atom is -0.243 e. The van der Waals surface area contributed by atoms with E-state index in [4.69, 9.17) is 9.97 Å². The molecule has 0 spiro atoms. The molecule has 0 unspecified atom stereocenters. The minimum absolute atomic E-state index is 0.876. The van der Waals surface area contributed by atoms with E-state index in [1.54, 1.807) is 0 Å². The van der Waals surface area contributed by atoms with Gasteiger partial charge in [-0.3, -0.25) is 0 Å². The number of fused-ring (bicyclic) bond motifs is 1. The van der Waals surface area contributed by atoms with Gasteiger partial charge in [0.05, 0.1) is 22.4 Å². The fraction of sp³-hybridized carbons (Fsp3) is 0. The first-order chi connectivity index (χ1) is 19.8. The molecular weight excluding hydrogens is 484 g/mol. The van der Waals surface area contributed by atoms with E-state index in [1.807, 2.05) is 24.3 Å². The Morgan fingerprint density at radius 2 is 0.550 bits per heavy atom. The van der Waals surface area contributed by atoms with Crippen LogP contribution in [0.1, 0.15) is 0 Å². The zero-order valence-corrected chi connectivity index (χ0v) is 21.9. The number of nitrogens with zero attached hydrogens (tertiary/aromatic N) is 2.